The summed E-state index contributed by atoms with van der Waals surface area (Å²) in [5.41, 5.74) is 6.38. The third-order valence-corrected chi connectivity index (χ3v) is 4.43. The van der Waals surface area contributed by atoms with Crippen LogP contribution in [0.2, 0.25) is 5.02 Å². The molecule has 0 radical (unpaired) electrons. The van der Waals surface area contributed by atoms with Gasteiger partial charge in [-0.1, -0.05) is 11.6 Å². The average molecular weight is 282 g/mol. The summed E-state index contributed by atoms with van der Waals surface area (Å²) in [5.74, 6) is 1.61. The standard InChI is InChI=1S/C13H20ClN5/c1-8-11(14)12(18-13(15)17-8)16-6-9-4-5-19(7-9)10-2-3-10/h9-10H,2-7H2,1H3,(H3,15,16,17,18)/t9-/m1/s1. The topological polar surface area (TPSA) is 67.1 Å². The lowest BCUT2D eigenvalue weighted by molar-refractivity contribution is 0.316. The molecule has 0 bridgehead atoms. The van der Waals surface area contributed by atoms with Crippen LogP contribution in [0.15, 0.2) is 0 Å². The lowest BCUT2D eigenvalue weighted by atomic mass is 10.1. The highest BCUT2D eigenvalue weighted by Crippen LogP contribution is 2.32. The minimum atomic E-state index is 0.274. The van der Waals surface area contributed by atoms with Crippen LogP contribution in [0, 0.1) is 12.8 Å². The Bertz CT molecular complexity index is 474. The molecule has 0 spiro atoms. The zero-order chi connectivity index (χ0) is 13.4. The van der Waals surface area contributed by atoms with Gasteiger partial charge in [0.2, 0.25) is 5.95 Å². The van der Waals surface area contributed by atoms with Crippen LogP contribution >= 0.6 is 11.6 Å². The number of nitrogens with one attached hydrogen (secondary N) is 1. The van der Waals surface area contributed by atoms with Crippen LogP contribution in [0.5, 0.6) is 0 Å². The Morgan fingerprint density at radius 3 is 2.89 bits per heavy atom. The molecule has 0 amide bonds. The van der Waals surface area contributed by atoms with Crippen molar-refractivity contribution in [3.05, 3.63) is 10.7 Å². The number of nitrogen functional groups attached to an aromatic ring is 1. The summed E-state index contributed by atoms with van der Waals surface area (Å²) in [6, 6.07) is 0.866. The van der Waals surface area contributed by atoms with E-state index in [0.29, 0.717) is 16.8 Å². The van der Waals surface area contributed by atoms with Crippen molar-refractivity contribution in [1.82, 2.24) is 14.9 Å². The Kier molecular flexibility index (Phi) is 3.50. The second kappa shape index (κ2) is 5.13. The molecule has 1 aliphatic heterocycles. The molecule has 2 fully saturated rings. The molecule has 1 saturated carbocycles. The lowest BCUT2D eigenvalue weighted by Crippen LogP contribution is -2.25. The summed E-state index contributed by atoms with van der Waals surface area (Å²) in [7, 11) is 0. The molecule has 3 rings (SSSR count). The largest absolute Gasteiger partial charge is 0.368 e. The van der Waals surface area contributed by atoms with E-state index in [1.54, 1.807) is 0 Å². The summed E-state index contributed by atoms with van der Waals surface area (Å²) in [6.45, 7) is 5.17. The van der Waals surface area contributed by atoms with E-state index in [2.05, 4.69) is 20.2 Å². The van der Waals surface area contributed by atoms with Crippen molar-refractivity contribution < 1.29 is 0 Å². The van der Waals surface area contributed by atoms with E-state index in [-0.39, 0.29) is 5.95 Å². The van der Waals surface area contributed by atoms with Crippen LogP contribution in [0.25, 0.3) is 0 Å². The highest BCUT2D eigenvalue weighted by atomic mass is 35.5. The predicted octanol–water partition coefficient (Wildman–Crippen LogP) is 1.92. The van der Waals surface area contributed by atoms with Gasteiger partial charge in [0.15, 0.2) is 5.82 Å². The van der Waals surface area contributed by atoms with Gasteiger partial charge in [-0.25, -0.2) is 4.98 Å². The minimum Gasteiger partial charge on any atom is -0.368 e. The fourth-order valence-electron chi connectivity index (χ4n) is 2.74. The molecule has 1 aromatic rings. The van der Waals surface area contributed by atoms with Crippen molar-refractivity contribution in [1.29, 1.82) is 0 Å². The first-order valence-corrected chi connectivity index (χ1v) is 7.29. The number of anilines is 2. The van der Waals surface area contributed by atoms with E-state index < -0.39 is 0 Å². The van der Waals surface area contributed by atoms with Gasteiger partial charge in [0.05, 0.1) is 5.69 Å². The molecule has 2 aliphatic rings. The number of aromatic nitrogens is 2. The fourth-order valence-corrected chi connectivity index (χ4v) is 2.89. The second-order valence-electron chi connectivity index (χ2n) is 5.59. The number of hydrogen-bond donors (Lipinski definition) is 2. The molecule has 1 saturated heterocycles. The monoisotopic (exact) mass is 281 g/mol. The molecule has 2 heterocycles. The predicted molar refractivity (Wildman–Crippen MR) is 77.4 cm³/mol. The number of likely N-dealkylation sites (tertiary alicyclic amines) is 1. The van der Waals surface area contributed by atoms with Gasteiger partial charge in [0.25, 0.3) is 0 Å². The molecule has 104 valence electrons. The average Bonchev–Trinajstić information content (AvgIpc) is 3.12. The van der Waals surface area contributed by atoms with Crippen molar-refractivity contribution in [2.24, 2.45) is 5.92 Å². The molecule has 1 aliphatic carbocycles. The number of nitrogens with zero attached hydrogens (tertiary/aromatic N) is 3. The van der Waals surface area contributed by atoms with Crippen molar-refractivity contribution in [3.63, 3.8) is 0 Å². The van der Waals surface area contributed by atoms with Crippen LogP contribution in [0.4, 0.5) is 11.8 Å². The molecular formula is C13H20ClN5. The van der Waals surface area contributed by atoms with Gasteiger partial charge < -0.3 is 16.0 Å². The van der Waals surface area contributed by atoms with Crippen LogP contribution < -0.4 is 11.1 Å². The quantitative estimate of drug-likeness (QED) is 0.883. The number of aryl methyl sites for hydroxylation is 1. The molecular weight excluding hydrogens is 262 g/mol. The summed E-state index contributed by atoms with van der Waals surface area (Å²) < 4.78 is 0. The molecule has 0 unspecified atom stereocenters. The third kappa shape index (κ3) is 2.92. The van der Waals surface area contributed by atoms with Gasteiger partial charge in [-0.15, -0.1) is 0 Å². The molecule has 19 heavy (non-hydrogen) atoms. The maximum Gasteiger partial charge on any atom is 0.222 e. The Labute approximate surface area is 118 Å². The first-order valence-electron chi connectivity index (χ1n) is 6.91. The Morgan fingerprint density at radius 2 is 2.16 bits per heavy atom. The van der Waals surface area contributed by atoms with Gasteiger partial charge in [0.1, 0.15) is 5.02 Å². The summed E-state index contributed by atoms with van der Waals surface area (Å²) >= 11 is 6.19. The second-order valence-corrected chi connectivity index (χ2v) is 5.97. The molecule has 6 heteroatoms. The summed E-state index contributed by atoms with van der Waals surface area (Å²) in [4.78, 5) is 10.8. The number of nitrogens with two attached hydrogens (primary N) is 1. The van der Waals surface area contributed by atoms with Crippen molar-refractivity contribution >= 4 is 23.4 Å². The summed E-state index contributed by atoms with van der Waals surface area (Å²) in [5, 5.41) is 3.90. The third-order valence-electron chi connectivity index (χ3n) is 3.97. The SMILES string of the molecule is Cc1nc(N)nc(NC[C@H]2CCN(C3CC3)C2)c1Cl. The molecule has 5 nitrogen and oxygen atoms in total. The van der Waals surface area contributed by atoms with E-state index in [0.717, 1.165) is 18.3 Å². The van der Waals surface area contributed by atoms with E-state index in [1.807, 2.05) is 6.92 Å². The summed E-state index contributed by atoms with van der Waals surface area (Å²) in [6.07, 6.45) is 4.02. The van der Waals surface area contributed by atoms with Gasteiger partial charge >= 0.3 is 0 Å². The van der Waals surface area contributed by atoms with E-state index in [1.165, 1.54) is 32.4 Å². The Hall–Kier alpha value is -1.07. The smallest absolute Gasteiger partial charge is 0.222 e. The maximum absolute atomic E-state index is 6.19. The Balaban J connectivity index is 1.57. The fraction of sp³-hybridized carbons (Fsp3) is 0.692. The number of rotatable bonds is 4. The van der Waals surface area contributed by atoms with E-state index in [9.17, 15) is 0 Å². The molecule has 0 aromatic carbocycles. The zero-order valence-electron chi connectivity index (χ0n) is 11.2. The molecule has 1 atom stereocenters. The first kappa shape index (κ1) is 12.9. The van der Waals surface area contributed by atoms with Gasteiger partial charge in [-0.2, -0.15) is 4.98 Å². The number of halogens is 1. The zero-order valence-corrected chi connectivity index (χ0v) is 12.0. The number of hydrogen-bond acceptors (Lipinski definition) is 5. The first-order chi connectivity index (χ1) is 9.13. The van der Waals surface area contributed by atoms with E-state index in [4.69, 9.17) is 17.3 Å². The van der Waals surface area contributed by atoms with Crippen molar-refractivity contribution in [3.8, 4) is 0 Å². The highest BCUT2D eigenvalue weighted by molar-refractivity contribution is 6.33. The van der Waals surface area contributed by atoms with Crippen LogP contribution in [-0.2, 0) is 0 Å². The van der Waals surface area contributed by atoms with Gasteiger partial charge in [0, 0.05) is 19.1 Å². The van der Waals surface area contributed by atoms with Crippen LogP contribution in [-0.4, -0.2) is 40.5 Å². The normalized spacial score (nSPS) is 23.8. The Morgan fingerprint density at radius 1 is 1.37 bits per heavy atom. The van der Waals surface area contributed by atoms with Crippen molar-refractivity contribution in [2.45, 2.75) is 32.2 Å². The highest BCUT2D eigenvalue weighted by Gasteiger charge is 2.34. The lowest BCUT2D eigenvalue weighted by Gasteiger charge is -2.16. The molecule has 3 N–H and O–H groups in total. The van der Waals surface area contributed by atoms with Gasteiger partial charge in [-0.05, 0) is 38.6 Å². The maximum atomic E-state index is 6.19. The van der Waals surface area contributed by atoms with Crippen molar-refractivity contribution in [2.75, 3.05) is 30.7 Å². The van der Waals surface area contributed by atoms with E-state index >= 15 is 0 Å². The molecule has 1 aromatic heterocycles. The van der Waals surface area contributed by atoms with Crippen LogP contribution in [0.3, 0.4) is 0 Å². The van der Waals surface area contributed by atoms with Crippen LogP contribution in [0.1, 0.15) is 25.0 Å². The minimum absolute atomic E-state index is 0.274. The van der Waals surface area contributed by atoms with Gasteiger partial charge in [-0.3, -0.25) is 0 Å².